The molecule has 15 heteroatoms. The van der Waals surface area contributed by atoms with E-state index in [4.69, 9.17) is 18.5 Å². The van der Waals surface area contributed by atoms with Crippen LogP contribution in [0, 0.1) is 0 Å². The Hall–Kier alpha value is -3.58. The van der Waals surface area contributed by atoms with Crippen LogP contribution >= 0.6 is 7.60 Å². The highest BCUT2D eigenvalue weighted by atomic mass is 31.2. The first-order valence-corrected chi connectivity index (χ1v) is 16.1. The van der Waals surface area contributed by atoms with Gasteiger partial charge < -0.3 is 38.7 Å². The molecule has 14 nitrogen and oxygen atoms in total. The smallest absolute Gasteiger partial charge is 0.407 e. The molecule has 2 saturated heterocycles. The van der Waals surface area contributed by atoms with Crippen molar-refractivity contribution < 1.29 is 42.6 Å². The van der Waals surface area contributed by atoms with Gasteiger partial charge in [-0.05, 0) is 20.3 Å². The SMILES string of the molecule is CCOP(=O)(CC[C@H](NC(=O)c1cc(O[C@H]2CCOC2)nc(-c2ccccc2)n1)C(=O)N1CCN(C(=O)O)CC1)OCC. The molecule has 43 heavy (non-hydrogen) atoms. The van der Waals surface area contributed by atoms with Crippen LogP contribution in [0.5, 0.6) is 5.88 Å². The van der Waals surface area contributed by atoms with E-state index < -0.39 is 31.5 Å². The molecule has 0 unspecified atom stereocenters. The number of hydrogen-bond donors (Lipinski definition) is 2. The molecule has 0 saturated carbocycles. The molecule has 0 radical (unpaired) electrons. The molecule has 2 atom stereocenters. The van der Waals surface area contributed by atoms with Gasteiger partial charge >= 0.3 is 13.7 Å². The summed E-state index contributed by atoms with van der Waals surface area (Å²) in [5.41, 5.74) is 0.650. The van der Waals surface area contributed by atoms with E-state index in [9.17, 15) is 24.1 Å². The highest BCUT2D eigenvalue weighted by Gasteiger charge is 2.34. The second-order valence-electron chi connectivity index (χ2n) is 9.96. The summed E-state index contributed by atoms with van der Waals surface area (Å²) in [4.78, 5) is 50.3. The number of hydrogen-bond acceptors (Lipinski definition) is 10. The molecule has 0 spiro atoms. The Kier molecular flexibility index (Phi) is 11.5. The van der Waals surface area contributed by atoms with Gasteiger partial charge in [-0.3, -0.25) is 14.2 Å². The highest BCUT2D eigenvalue weighted by molar-refractivity contribution is 7.53. The topological polar surface area (TPSA) is 170 Å². The van der Waals surface area contributed by atoms with Gasteiger partial charge in [0.2, 0.25) is 11.8 Å². The number of carboxylic acid groups (broad SMARTS) is 1. The van der Waals surface area contributed by atoms with E-state index in [0.717, 1.165) is 0 Å². The third-order valence-corrected chi connectivity index (χ3v) is 9.06. The predicted octanol–water partition coefficient (Wildman–Crippen LogP) is 2.89. The van der Waals surface area contributed by atoms with Crippen LogP contribution in [0.1, 0.15) is 37.2 Å². The number of carbonyl (C=O) groups is 3. The van der Waals surface area contributed by atoms with Crippen molar-refractivity contribution in [1.82, 2.24) is 25.1 Å². The van der Waals surface area contributed by atoms with E-state index >= 15 is 0 Å². The molecule has 2 aliphatic rings. The van der Waals surface area contributed by atoms with Crippen molar-refractivity contribution in [2.24, 2.45) is 0 Å². The van der Waals surface area contributed by atoms with Gasteiger partial charge in [-0.2, -0.15) is 4.98 Å². The Bertz CT molecular complexity index is 1290. The van der Waals surface area contributed by atoms with Gasteiger partial charge in [0.15, 0.2) is 5.82 Å². The summed E-state index contributed by atoms with van der Waals surface area (Å²) in [6.45, 7) is 5.22. The summed E-state index contributed by atoms with van der Waals surface area (Å²) in [7, 11) is -3.53. The standard InChI is InChI=1S/C28H38N5O9P/c1-3-40-43(38,41-4-2)17-11-22(27(35)32-12-14-33(15-13-32)28(36)37)30-26(34)23-18-24(42-21-10-16-39-19-21)31-25(29-23)20-8-6-5-7-9-20/h5-9,18,21-22H,3-4,10-17,19H2,1-2H3,(H,30,34)(H,36,37)/t21-,22-/m0/s1. The molecule has 3 heterocycles. The molecule has 2 aliphatic heterocycles. The fourth-order valence-electron chi connectivity index (χ4n) is 4.77. The Morgan fingerprint density at radius 2 is 1.74 bits per heavy atom. The predicted molar refractivity (Wildman–Crippen MR) is 155 cm³/mol. The lowest BCUT2D eigenvalue weighted by Gasteiger charge is -2.35. The largest absolute Gasteiger partial charge is 0.472 e. The summed E-state index contributed by atoms with van der Waals surface area (Å²) >= 11 is 0. The van der Waals surface area contributed by atoms with Crippen molar-refractivity contribution in [3.8, 4) is 17.3 Å². The van der Waals surface area contributed by atoms with Gasteiger partial charge in [-0.25, -0.2) is 9.78 Å². The number of piperazine rings is 1. The molecular weight excluding hydrogens is 581 g/mol. The molecule has 2 aromatic rings. The Balaban J connectivity index is 1.59. The van der Waals surface area contributed by atoms with E-state index in [1.54, 1.807) is 13.8 Å². The lowest BCUT2D eigenvalue weighted by atomic mass is 10.1. The van der Waals surface area contributed by atoms with Crippen molar-refractivity contribution in [1.29, 1.82) is 0 Å². The van der Waals surface area contributed by atoms with Crippen molar-refractivity contribution in [2.75, 3.05) is 58.8 Å². The molecule has 1 aromatic carbocycles. The van der Waals surface area contributed by atoms with Crippen molar-refractivity contribution in [2.45, 2.75) is 38.8 Å². The minimum Gasteiger partial charge on any atom is -0.472 e. The third kappa shape index (κ3) is 8.96. The van der Waals surface area contributed by atoms with E-state index in [-0.39, 0.29) is 75.5 Å². The Morgan fingerprint density at radius 1 is 1.07 bits per heavy atom. The second-order valence-corrected chi connectivity index (χ2v) is 12.1. The summed E-state index contributed by atoms with van der Waals surface area (Å²) in [5.74, 6) is -0.626. The maximum atomic E-state index is 13.7. The fraction of sp³-hybridized carbons (Fsp3) is 0.536. The minimum atomic E-state index is -3.53. The first kappa shape index (κ1) is 32.3. The van der Waals surface area contributed by atoms with Crippen LogP contribution in [0.3, 0.4) is 0 Å². The molecule has 2 fully saturated rings. The zero-order chi connectivity index (χ0) is 30.8. The first-order chi connectivity index (χ1) is 20.7. The number of aromatic nitrogens is 2. The minimum absolute atomic E-state index is 0.0194. The van der Waals surface area contributed by atoms with Gasteiger partial charge in [-0.15, -0.1) is 0 Å². The maximum Gasteiger partial charge on any atom is 0.407 e. The molecule has 234 valence electrons. The lowest BCUT2D eigenvalue weighted by molar-refractivity contribution is -0.134. The highest BCUT2D eigenvalue weighted by Crippen LogP contribution is 2.48. The molecular formula is C28H38N5O9P. The lowest BCUT2D eigenvalue weighted by Crippen LogP contribution is -2.56. The molecule has 1 aromatic heterocycles. The number of carbonyl (C=O) groups excluding carboxylic acids is 2. The first-order valence-electron chi connectivity index (χ1n) is 14.4. The number of amides is 3. The normalized spacial score (nSPS) is 17.9. The summed E-state index contributed by atoms with van der Waals surface area (Å²) in [6, 6.07) is 9.42. The number of nitrogens with zero attached hydrogens (tertiary/aromatic N) is 4. The zero-order valence-corrected chi connectivity index (χ0v) is 25.2. The van der Waals surface area contributed by atoms with Crippen LogP contribution in [-0.2, 0) is 23.1 Å². The number of benzene rings is 1. The van der Waals surface area contributed by atoms with Crippen LogP contribution in [0.4, 0.5) is 4.79 Å². The van der Waals surface area contributed by atoms with Crippen molar-refractivity contribution in [3.63, 3.8) is 0 Å². The monoisotopic (exact) mass is 619 g/mol. The van der Waals surface area contributed by atoms with Gasteiger partial charge in [0.25, 0.3) is 5.91 Å². The van der Waals surface area contributed by atoms with Crippen LogP contribution in [-0.4, -0.2) is 114 Å². The molecule has 4 rings (SSSR count). The average Bonchev–Trinajstić information content (AvgIpc) is 3.52. The van der Waals surface area contributed by atoms with Gasteiger partial charge in [0, 0.05) is 44.2 Å². The van der Waals surface area contributed by atoms with E-state index in [1.165, 1.54) is 15.9 Å². The van der Waals surface area contributed by atoms with Gasteiger partial charge in [0.05, 0.1) is 32.6 Å². The maximum absolute atomic E-state index is 13.7. The second kappa shape index (κ2) is 15.2. The summed E-state index contributed by atoms with van der Waals surface area (Å²) in [6.07, 6.45) is -0.765. The van der Waals surface area contributed by atoms with Crippen LogP contribution in [0.25, 0.3) is 11.4 Å². The zero-order valence-electron chi connectivity index (χ0n) is 24.3. The van der Waals surface area contributed by atoms with Gasteiger partial charge in [0.1, 0.15) is 17.8 Å². The number of nitrogens with one attached hydrogen (secondary N) is 1. The number of rotatable bonds is 13. The number of ether oxygens (including phenoxy) is 2. The average molecular weight is 620 g/mol. The van der Waals surface area contributed by atoms with Gasteiger partial charge in [-0.1, -0.05) is 30.3 Å². The third-order valence-electron chi connectivity index (χ3n) is 6.95. The summed E-state index contributed by atoms with van der Waals surface area (Å²) < 4.78 is 35.4. The molecule has 0 bridgehead atoms. The van der Waals surface area contributed by atoms with Crippen LogP contribution in [0.2, 0.25) is 0 Å². The summed E-state index contributed by atoms with van der Waals surface area (Å²) in [5, 5.41) is 12.0. The fourth-order valence-corrected chi connectivity index (χ4v) is 6.46. The Morgan fingerprint density at radius 3 is 2.35 bits per heavy atom. The van der Waals surface area contributed by atoms with E-state index in [2.05, 4.69) is 15.3 Å². The van der Waals surface area contributed by atoms with Crippen LogP contribution in [0.15, 0.2) is 36.4 Å². The van der Waals surface area contributed by atoms with Crippen molar-refractivity contribution in [3.05, 3.63) is 42.1 Å². The molecule has 3 amide bonds. The van der Waals surface area contributed by atoms with Crippen molar-refractivity contribution >= 4 is 25.5 Å². The quantitative estimate of drug-likeness (QED) is 0.316. The molecule has 0 aliphatic carbocycles. The van der Waals surface area contributed by atoms with E-state index in [0.29, 0.717) is 25.2 Å². The van der Waals surface area contributed by atoms with Crippen LogP contribution < -0.4 is 10.1 Å². The Labute approximate surface area is 250 Å². The molecule has 2 N–H and O–H groups in total. The van der Waals surface area contributed by atoms with E-state index in [1.807, 2.05) is 30.3 Å².